The number of rotatable bonds is 5. The topological polar surface area (TPSA) is 123 Å². The Balaban J connectivity index is 1.52. The van der Waals surface area contributed by atoms with Crippen LogP contribution in [0.3, 0.4) is 0 Å². The Morgan fingerprint density at radius 3 is 2.41 bits per heavy atom. The van der Waals surface area contributed by atoms with Gasteiger partial charge in [-0.15, -0.1) is 0 Å². The molecule has 0 unspecified atom stereocenters. The molecule has 0 aliphatic carbocycles. The van der Waals surface area contributed by atoms with Crippen molar-refractivity contribution in [2.24, 2.45) is 11.8 Å². The predicted octanol–water partition coefficient (Wildman–Crippen LogP) is 3.70. The molecule has 2 aliphatic heterocycles. The van der Waals surface area contributed by atoms with Gasteiger partial charge in [0.25, 0.3) is 0 Å². The van der Waals surface area contributed by atoms with Crippen molar-refractivity contribution in [1.82, 2.24) is 10.3 Å². The molecule has 3 aromatic carbocycles. The molecule has 4 N–H and O–H groups in total. The second-order valence-corrected chi connectivity index (χ2v) is 9.84. The summed E-state index contributed by atoms with van der Waals surface area (Å²) in [5.41, 5.74) is 1.53. The Bertz CT molecular complexity index is 1560. The summed E-state index contributed by atoms with van der Waals surface area (Å²) in [5, 5.41) is 25.4. The first kappa shape index (κ1) is 23.0. The van der Waals surface area contributed by atoms with Crippen LogP contribution in [0.1, 0.15) is 22.7 Å². The molecule has 0 saturated carbocycles. The van der Waals surface area contributed by atoms with Gasteiger partial charge < -0.3 is 15.2 Å². The van der Waals surface area contributed by atoms with Crippen LogP contribution in [-0.2, 0) is 20.8 Å². The third-order valence-corrected chi connectivity index (χ3v) is 7.74. The van der Waals surface area contributed by atoms with Gasteiger partial charge in [0.2, 0.25) is 11.8 Å². The molecule has 6 rings (SSSR count). The van der Waals surface area contributed by atoms with Crippen LogP contribution in [0.2, 0.25) is 0 Å². The zero-order chi connectivity index (χ0) is 25.9. The number of aromatic hydroxyl groups is 1. The van der Waals surface area contributed by atoms with Crippen molar-refractivity contribution in [3.8, 4) is 5.75 Å². The number of aromatic amines is 1. The van der Waals surface area contributed by atoms with Crippen LogP contribution in [0, 0.1) is 18.8 Å². The number of phenolic OH excluding ortho intramolecular Hbond substituents is 1. The Morgan fingerprint density at radius 2 is 1.68 bits per heavy atom. The number of aliphatic carboxylic acids is 1. The molecule has 0 radical (unpaired) electrons. The minimum Gasteiger partial charge on any atom is -0.508 e. The van der Waals surface area contributed by atoms with E-state index in [0.29, 0.717) is 11.3 Å². The summed E-state index contributed by atoms with van der Waals surface area (Å²) in [4.78, 5) is 45.3. The van der Waals surface area contributed by atoms with Gasteiger partial charge in [-0.1, -0.05) is 54.1 Å². The van der Waals surface area contributed by atoms with Crippen LogP contribution < -0.4 is 10.2 Å². The van der Waals surface area contributed by atoms with Crippen LogP contribution >= 0.6 is 0 Å². The molecule has 0 bridgehead atoms. The van der Waals surface area contributed by atoms with E-state index in [-0.39, 0.29) is 12.2 Å². The molecule has 4 atom stereocenters. The summed E-state index contributed by atoms with van der Waals surface area (Å²) < 4.78 is 0. The molecule has 2 saturated heterocycles. The van der Waals surface area contributed by atoms with Crippen molar-refractivity contribution in [3.63, 3.8) is 0 Å². The van der Waals surface area contributed by atoms with E-state index in [1.54, 1.807) is 48.7 Å². The number of carbonyl (C=O) groups excluding carboxylic acids is 2. The van der Waals surface area contributed by atoms with Gasteiger partial charge in [-0.2, -0.15) is 0 Å². The van der Waals surface area contributed by atoms with E-state index < -0.39 is 41.2 Å². The third kappa shape index (κ3) is 3.37. The van der Waals surface area contributed by atoms with Gasteiger partial charge in [-0.05, 0) is 36.8 Å². The van der Waals surface area contributed by atoms with E-state index in [9.17, 15) is 24.6 Å². The zero-order valence-corrected chi connectivity index (χ0v) is 20.0. The highest BCUT2D eigenvalue weighted by atomic mass is 16.4. The average Bonchev–Trinajstić information content (AvgIpc) is 3.53. The Labute approximate surface area is 212 Å². The maximum atomic E-state index is 14.0. The van der Waals surface area contributed by atoms with Gasteiger partial charge in [0.15, 0.2) is 0 Å². The average molecular weight is 496 g/mol. The molecule has 186 valence electrons. The maximum Gasteiger partial charge on any atom is 0.325 e. The SMILES string of the molecule is Cc1ccc(N2C(=O)[C@@H]3[C@H](c4ccccc4O)N[C@](Cc4c[nH]c5ccccc45)(C(=O)O)[C@H]3C2=O)cc1. The summed E-state index contributed by atoms with van der Waals surface area (Å²) in [5.74, 6) is -4.53. The molecular weight excluding hydrogens is 470 g/mol. The summed E-state index contributed by atoms with van der Waals surface area (Å²) in [6.07, 6.45) is 1.72. The molecule has 0 spiro atoms. The van der Waals surface area contributed by atoms with Crippen molar-refractivity contribution >= 4 is 34.4 Å². The summed E-state index contributed by atoms with van der Waals surface area (Å²) in [6, 6.07) is 20.2. The fourth-order valence-electron chi connectivity index (χ4n) is 5.98. The predicted molar refractivity (Wildman–Crippen MR) is 137 cm³/mol. The minimum atomic E-state index is -1.78. The summed E-state index contributed by atoms with van der Waals surface area (Å²) in [7, 11) is 0. The number of carbonyl (C=O) groups is 3. The number of nitrogens with zero attached hydrogens (tertiary/aromatic N) is 1. The van der Waals surface area contributed by atoms with Gasteiger partial charge in [-0.3, -0.25) is 19.7 Å². The lowest BCUT2D eigenvalue weighted by atomic mass is 9.76. The molecule has 2 amide bonds. The number of H-pyrrole nitrogens is 1. The molecule has 1 aromatic heterocycles. The number of aryl methyl sites for hydroxylation is 1. The zero-order valence-electron chi connectivity index (χ0n) is 20.0. The van der Waals surface area contributed by atoms with Crippen LogP contribution in [0.4, 0.5) is 5.69 Å². The van der Waals surface area contributed by atoms with Gasteiger partial charge in [0.1, 0.15) is 11.3 Å². The number of hydrogen-bond donors (Lipinski definition) is 4. The number of para-hydroxylation sites is 2. The first-order chi connectivity index (χ1) is 17.8. The molecule has 3 heterocycles. The van der Waals surface area contributed by atoms with Crippen LogP contribution in [0.5, 0.6) is 5.75 Å². The van der Waals surface area contributed by atoms with Crippen LogP contribution in [0.15, 0.2) is 79.0 Å². The number of carboxylic acid groups (broad SMARTS) is 1. The summed E-state index contributed by atoms with van der Waals surface area (Å²) >= 11 is 0. The smallest absolute Gasteiger partial charge is 0.325 e. The Kier molecular flexibility index (Phi) is 5.17. The fourth-order valence-corrected chi connectivity index (χ4v) is 5.98. The number of anilines is 1. The largest absolute Gasteiger partial charge is 0.508 e. The number of benzene rings is 3. The third-order valence-electron chi connectivity index (χ3n) is 7.74. The van der Waals surface area contributed by atoms with Crippen LogP contribution in [0.25, 0.3) is 10.9 Å². The number of phenols is 1. The van der Waals surface area contributed by atoms with Crippen molar-refractivity contribution in [1.29, 1.82) is 0 Å². The number of amides is 2. The number of hydrogen-bond acceptors (Lipinski definition) is 5. The molecule has 2 aliphatic rings. The Morgan fingerprint density at radius 1 is 0.973 bits per heavy atom. The molecular formula is C29H25N3O5. The number of nitrogens with one attached hydrogen (secondary N) is 2. The highest BCUT2D eigenvalue weighted by molar-refractivity contribution is 6.24. The first-order valence-electron chi connectivity index (χ1n) is 12.1. The highest BCUT2D eigenvalue weighted by Gasteiger charge is 2.69. The lowest BCUT2D eigenvalue weighted by Crippen LogP contribution is -2.57. The number of carboxylic acids is 1. The molecule has 37 heavy (non-hydrogen) atoms. The van der Waals surface area contributed by atoms with E-state index >= 15 is 0 Å². The maximum absolute atomic E-state index is 14.0. The molecule has 4 aromatic rings. The number of imide groups is 1. The van der Waals surface area contributed by atoms with Gasteiger partial charge in [0.05, 0.1) is 17.5 Å². The van der Waals surface area contributed by atoms with E-state index in [4.69, 9.17) is 0 Å². The van der Waals surface area contributed by atoms with Gasteiger partial charge >= 0.3 is 5.97 Å². The first-order valence-corrected chi connectivity index (χ1v) is 12.1. The van der Waals surface area contributed by atoms with Crippen LogP contribution in [-0.4, -0.2) is 38.5 Å². The van der Waals surface area contributed by atoms with E-state index in [2.05, 4.69) is 10.3 Å². The van der Waals surface area contributed by atoms with E-state index in [1.165, 1.54) is 6.07 Å². The lowest BCUT2D eigenvalue weighted by Gasteiger charge is -2.31. The lowest BCUT2D eigenvalue weighted by molar-refractivity contribution is -0.148. The second kappa shape index (κ2) is 8.31. The summed E-state index contributed by atoms with van der Waals surface area (Å²) in [6.45, 7) is 1.90. The van der Waals surface area contributed by atoms with E-state index in [0.717, 1.165) is 26.9 Å². The molecule has 8 nitrogen and oxygen atoms in total. The number of fused-ring (bicyclic) bond motifs is 2. The van der Waals surface area contributed by atoms with Crippen molar-refractivity contribution in [2.45, 2.75) is 24.9 Å². The Hall–Kier alpha value is -4.43. The number of aromatic nitrogens is 1. The second-order valence-electron chi connectivity index (χ2n) is 9.84. The standard InChI is InChI=1S/C29H25N3O5/c1-16-10-12-18(13-11-16)32-26(34)23-24(27(32)35)29(28(36)37,31-25(23)20-7-3-5-9-22(20)33)14-17-15-30-21-8-4-2-6-19(17)21/h2-13,15,23-25,30-31,33H,14H2,1H3,(H,36,37)/t23-,24+,25-,29-/m0/s1. The monoisotopic (exact) mass is 495 g/mol. The van der Waals surface area contributed by atoms with Gasteiger partial charge in [-0.25, -0.2) is 4.90 Å². The van der Waals surface area contributed by atoms with Crippen molar-refractivity contribution in [3.05, 3.63) is 95.7 Å². The van der Waals surface area contributed by atoms with Crippen molar-refractivity contribution in [2.75, 3.05) is 4.90 Å². The highest BCUT2D eigenvalue weighted by Crippen LogP contribution is 2.52. The molecule has 2 fully saturated rings. The molecule has 8 heteroatoms. The minimum absolute atomic E-state index is 0.0294. The van der Waals surface area contributed by atoms with Gasteiger partial charge in [0, 0.05) is 35.1 Å². The van der Waals surface area contributed by atoms with Crippen molar-refractivity contribution < 1.29 is 24.6 Å². The fraction of sp³-hybridized carbons (Fsp3) is 0.207. The van der Waals surface area contributed by atoms with E-state index in [1.807, 2.05) is 31.2 Å². The quantitative estimate of drug-likeness (QED) is 0.313. The normalized spacial score (nSPS) is 25.1.